The second-order valence-corrected chi connectivity index (χ2v) is 5.83. The van der Waals surface area contributed by atoms with E-state index in [2.05, 4.69) is 15.3 Å². The van der Waals surface area contributed by atoms with Gasteiger partial charge in [0.25, 0.3) is 0 Å². The maximum atomic E-state index is 9.83. The summed E-state index contributed by atoms with van der Waals surface area (Å²) in [6, 6.07) is 11.8. The average molecular weight is 320 g/mol. The average Bonchev–Trinajstić information content (AvgIpc) is 3.22. The first-order valence-corrected chi connectivity index (χ1v) is 7.67. The summed E-state index contributed by atoms with van der Waals surface area (Å²) in [5.41, 5.74) is 6.06. The number of aryl methyl sites for hydroxylation is 1. The van der Waals surface area contributed by atoms with Crippen molar-refractivity contribution in [1.29, 1.82) is 0 Å². The van der Waals surface area contributed by atoms with Gasteiger partial charge in [-0.1, -0.05) is 18.2 Å². The predicted octanol–water partition coefficient (Wildman–Crippen LogP) is 3.44. The molecule has 0 saturated heterocycles. The smallest absolute Gasteiger partial charge is 0.159 e. The van der Waals surface area contributed by atoms with Gasteiger partial charge in [0.15, 0.2) is 5.52 Å². The first kappa shape index (κ1) is 14.6. The summed E-state index contributed by atoms with van der Waals surface area (Å²) in [6.07, 6.45) is 3.02. The van der Waals surface area contributed by atoms with E-state index in [4.69, 9.17) is 4.63 Å². The Balaban J connectivity index is 1.94. The monoisotopic (exact) mass is 320 g/mol. The highest BCUT2D eigenvalue weighted by atomic mass is 16.6. The zero-order valence-corrected chi connectivity index (χ0v) is 13.3. The highest BCUT2D eigenvalue weighted by Crippen LogP contribution is 2.30. The third-order valence-corrected chi connectivity index (χ3v) is 4.13. The molecule has 0 fully saturated rings. The van der Waals surface area contributed by atoms with Crippen LogP contribution in [0.4, 0.5) is 0 Å². The Labute approximate surface area is 138 Å². The molecule has 120 valence electrons. The van der Waals surface area contributed by atoms with Gasteiger partial charge in [0, 0.05) is 11.9 Å². The molecule has 6 heteroatoms. The van der Waals surface area contributed by atoms with E-state index in [1.807, 2.05) is 47.9 Å². The number of rotatable bonds is 3. The number of hydrogen-bond acceptors (Lipinski definition) is 5. The molecule has 2 aromatic heterocycles. The van der Waals surface area contributed by atoms with Gasteiger partial charge in [-0.15, -0.1) is 0 Å². The van der Waals surface area contributed by atoms with Crippen LogP contribution in [-0.2, 0) is 0 Å². The first-order chi connectivity index (χ1) is 11.6. The molecule has 1 N–H and O–H groups in total. The van der Waals surface area contributed by atoms with Crippen molar-refractivity contribution < 1.29 is 9.74 Å². The quantitative estimate of drug-likeness (QED) is 0.626. The van der Waals surface area contributed by atoms with E-state index >= 15 is 0 Å². The van der Waals surface area contributed by atoms with Gasteiger partial charge >= 0.3 is 0 Å². The molecule has 1 unspecified atom stereocenters. The topological polar surface area (TPSA) is 77.0 Å². The molecule has 0 bridgehead atoms. The van der Waals surface area contributed by atoms with Crippen molar-refractivity contribution in [3.8, 4) is 16.8 Å². The molecule has 0 saturated carbocycles. The number of hydrogen-bond donors (Lipinski definition) is 1. The minimum Gasteiger partial charge on any atom is -0.389 e. The maximum absolute atomic E-state index is 9.83. The number of aliphatic hydroxyl groups excluding tert-OH is 1. The van der Waals surface area contributed by atoms with Crippen LogP contribution < -0.4 is 0 Å². The summed E-state index contributed by atoms with van der Waals surface area (Å²) in [7, 11) is 0. The molecule has 4 aromatic rings. The van der Waals surface area contributed by atoms with Gasteiger partial charge < -0.3 is 9.67 Å². The summed E-state index contributed by atoms with van der Waals surface area (Å²) in [6.45, 7) is 3.73. The Kier molecular flexibility index (Phi) is 3.39. The fourth-order valence-corrected chi connectivity index (χ4v) is 2.81. The number of fused-ring (bicyclic) bond motifs is 1. The van der Waals surface area contributed by atoms with Crippen LogP contribution in [0.1, 0.15) is 24.3 Å². The predicted molar refractivity (Wildman–Crippen MR) is 89.7 cm³/mol. The van der Waals surface area contributed by atoms with Crippen LogP contribution in [0.5, 0.6) is 0 Å². The Morgan fingerprint density at radius 1 is 1.12 bits per heavy atom. The van der Waals surface area contributed by atoms with Gasteiger partial charge in [-0.25, -0.2) is 9.61 Å². The maximum Gasteiger partial charge on any atom is 0.159 e. The molecule has 0 spiro atoms. The zero-order chi connectivity index (χ0) is 16.7. The van der Waals surface area contributed by atoms with Crippen LogP contribution in [0.25, 0.3) is 27.8 Å². The third kappa shape index (κ3) is 2.37. The van der Waals surface area contributed by atoms with E-state index in [-0.39, 0.29) is 0 Å². The lowest BCUT2D eigenvalue weighted by atomic mass is 10.00. The fraction of sp³-hybridized carbons (Fsp3) is 0.167. The van der Waals surface area contributed by atoms with Crippen molar-refractivity contribution in [1.82, 2.24) is 19.9 Å². The number of nitrogens with zero attached hydrogens (tertiary/aromatic N) is 4. The molecule has 2 aromatic carbocycles. The molecular formula is C18H16N4O2. The Bertz CT molecular complexity index is 1020. The van der Waals surface area contributed by atoms with Gasteiger partial charge in [0.05, 0.1) is 18.1 Å². The van der Waals surface area contributed by atoms with Crippen molar-refractivity contribution in [3.63, 3.8) is 0 Å². The second kappa shape index (κ2) is 5.58. The van der Waals surface area contributed by atoms with Gasteiger partial charge in [0.1, 0.15) is 5.52 Å². The standard InChI is InChI=1S/C18H16N4O2/c1-11-9-19-10-22(11)17-8-15(7-16-18(17)21-24-20-16)14-5-3-4-13(6-14)12(2)23/h3-10,12,23H,1-2H3. The van der Waals surface area contributed by atoms with Crippen LogP contribution >= 0.6 is 0 Å². The second-order valence-electron chi connectivity index (χ2n) is 5.83. The van der Waals surface area contributed by atoms with Crippen molar-refractivity contribution in [2.45, 2.75) is 20.0 Å². The van der Waals surface area contributed by atoms with Crippen LogP contribution in [0.2, 0.25) is 0 Å². The molecule has 0 amide bonds. The molecule has 0 aliphatic rings. The summed E-state index contributed by atoms with van der Waals surface area (Å²) in [4.78, 5) is 4.18. The SMILES string of the molecule is Cc1cncn1-c1cc(-c2cccc(C(C)O)c2)cc2nonc12. The van der Waals surface area contributed by atoms with E-state index in [1.165, 1.54) is 0 Å². The van der Waals surface area contributed by atoms with Crippen molar-refractivity contribution >= 4 is 11.0 Å². The third-order valence-electron chi connectivity index (χ3n) is 4.13. The van der Waals surface area contributed by atoms with E-state index in [1.54, 1.807) is 19.4 Å². The molecular weight excluding hydrogens is 304 g/mol. The van der Waals surface area contributed by atoms with Gasteiger partial charge in [-0.2, -0.15) is 0 Å². The first-order valence-electron chi connectivity index (χ1n) is 7.67. The minimum atomic E-state index is -0.516. The highest BCUT2D eigenvalue weighted by Gasteiger charge is 2.14. The van der Waals surface area contributed by atoms with E-state index in [0.29, 0.717) is 11.0 Å². The minimum absolute atomic E-state index is 0.516. The largest absolute Gasteiger partial charge is 0.389 e. The number of aliphatic hydroxyl groups is 1. The van der Waals surface area contributed by atoms with Crippen LogP contribution in [0, 0.1) is 6.92 Å². The summed E-state index contributed by atoms with van der Waals surface area (Å²) in [5.74, 6) is 0. The summed E-state index contributed by atoms with van der Waals surface area (Å²) in [5, 5.41) is 17.8. The van der Waals surface area contributed by atoms with E-state index in [0.717, 1.165) is 28.1 Å². The lowest BCUT2D eigenvalue weighted by Gasteiger charge is -2.10. The lowest BCUT2D eigenvalue weighted by Crippen LogP contribution is -1.97. The summed E-state index contributed by atoms with van der Waals surface area (Å²) >= 11 is 0. The van der Waals surface area contributed by atoms with Gasteiger partial charge in [0.2, 0.25) is 0 Å². The van der Waals surface area contributed by atoms with Gasteiger partial charge in [-0.05, 0) is 59.1 Å². The van der Waals surface area contributed by atoms with Gasteiger partial charge in [-0.3, -0.25) is 0 Å². The zero-order valence-electron chi connectivity index (χ0n) is 13.3. The molecule has 0 aliphatic carbocycles. The molecule has 24 heavy (non-hydrogen) atoms. The summed E-state index contributed by atoms with van der Waals surface area (Å²) < 4.78 is 6.88. The number of benzene rings is 2. The Morgan fingerprint density at radius 2 is 2.00 bits per heavy atom. The highest BCUT2D eigenvalue weighted by molar-refractivity contribution is 5.88. The van der Waals surface area contributed by atoms with Crippen molar-refractivity contribution in [2.24, 2.45) is 0 Å². The molecule has 0 radical (unpaired) electrons. The Morgan fingerprint density at radius 3 is 2.75 bits per heavy atom. The van der Waals surface area contributed by atoms with Crippen LogP contribution in [-0.4, -0.2) is 25.0 Å². The van der Waals surface area contributed by atoms with Crippen LogP contribution in [0.15, 0.2) is 53.6 Å². The van der Waals surface area contributed by atoms with E-state index < -0.39 is 6.10 Å². The molecule has 2 heterocycles. The molecule has 6 nitrogen and oxygen atoms in total. The normalized spacial score (nSPS) is 12.6. The molecule has 0 aliphatic heterocycles. The number of aromatic nitrogens is 4. The molecule has 4 rings (SSSR count). The Hall–Kier alpha value is -2.99. The van der Waals surface area contributed by atoms with Crippen LogP contribution in [0.3, 0.4) is 0 Å². The lowest BCUT2D eigenvalue weighted by molar-refractivity contribution is 0.199. The molecule has 1 atom stereocenters. The van der Waals surface area contributed by atoms with Crippen molar-refractivity contribution in [3.05, 3.63) is 60.2 Å². The van der Waals surface area contributed by atoms with Crippen molar-refractivity contribution in [2.75, 3.05) is 0 Å². The fourth-order valence-electron chi connectivity index (χ4n) is 2.81. The van der Waals surface area contributed by atoms with E-state index in [9.17, 15) is 5.11 Å². The number of imidazole rings is 1.